The standard InChI is InChI=1S/C7H15NO2/c1-6(2)5-7(10)8-3-4-9/h6,9H,3-5H2,1-2H3,(H,8,10). The zero-order chi connectivity index (χ0) is 7.98. The zero-order valence-corrected chi connectivity index (χ0v) is 6.55. The second-order valence-corrected chi connectivity index (χ2v) is 2.67. The quantitative estimate of drug-likeness (QED) is 0.591. The van der Waals surface area contributed by atoms with Crippen LogP contribution in [-0.4, -0.2) is 24.2 Å². The van der Waals surface area contributed by atoms with Gasteiger partial charge in [-0.2, -0.15) is 0 Å². The Kier molecular flexibility index (Phi) is 4.94. The van der Waals surface area contributed by atoms with Crippen LogP contribution in [0.4, 0.5) is 0 Å². The van der Waals surface area contributed by atoms with Crippen LogP contribution in [0.25, 0.3) is 0 Å². The summed E-state index contributed by atoms with van der Waals surface area (Å²) in [5, 5.41) is 10.9. The van der Waals surface area contributed by atoms with E-state index in [-0.39, 0.29) is 12.5 Å². The molecule has 0 aromatic carbocycles. The predicted molar refractivity (Wildman–Crippen MR) is 39.6 cm³/mol. The van der Waals surface area contributed by atoms with Gasteiger partial charge in [0, 0.05) is 13.0 Å². The van der Waals surface area contributed by atoms with Gasteiger partial charge in [-0.3, -0.25) is 4.79 Å². The van der Waals surface area contributed by atoms with E-state index in [1.165, 1.54) is 0 Å². The molecule has 0 fully saturated rings. The molecule has 0 aliphatic heterocycles. The van der Waals surface area contributed by atoms with Crippen LogP contribution in [0, 0.1) is 5.92 Å². The third kappa shape index (κ3) is 5.56. The highest BCUT2D eigenvalue weighted by Crippen LogP contribution is 1.97. The van der Waals surface area contributed by atoms with Gasteiger partial charge in [0.25, 0.3) is 0 Å². The Bertz CT molecular complexity index is 102. The molecule has 0 aromatic heterocycles. The fraction of sp³-hybridized carbons (Fsp3) is 0.857. The largest absolute Gasteiger partial charge is 0.395 e. The molecule has 1 amide bonds. The van der Waals surface area contributed by atoms with Crippen molar-refractivity contribution >= 4 is 5.91 Å². The summed E-state index contributed by atoms with van der Waals surface area (Å²) in [5.74, 6) is 0.405. The molecule has 0 heterocycles. The van der Waals surface area contributed by atoms with Gasteiger partial charge in [-0.1, -0.05) is 13.8 Å². The van der Waals surface area contributed by atoms with Crippen molar-refractivity contribution in [1.29, 1.82) is 0 Å². The van der Waals surface area contributed by atoms with Crippen molar-refractivity contribution in [2.24, 2.45) is 5.92 Å². The van der Waals surface area contributed by atoms with E-state index in [9.17, 15) is 4.79 Å². The molecule has 2 N–H and O–H groups in total. The molecule has 0 spiro atoms. The van der Waals surface area contributed by atoms with Crippen LogP contribution in [0.15, 0.2) is 0 Å². The lowest BCUT2D eigenvalue weighted by Crippen LogP contribution is -2.27. The maximum Gasteiger partial charge on any atom is 0.220 e. The number of aliphatic hydroxyl groups is 1. The fourth-order valence-corrected chi connectivity index (χ4v) is 0.638. The molecule has 0 radical (unpaired) electrons. The van der Waals surface area contributed by atoms with Crippen LogP contribution < -0.4 is 5.32 Å². The number of rotatable bonds is 4. The molecular weight excluding hydrogens is 130 g/mol. The number of hydrogen-bond acceptors (Lipinski definition) is 2. The molecule has 10 heavy (non-hydrogen) atoms. The molecule has 0 aromatic rings. The summed E-state index contributed by atoms with van der Waals surface area (Å²) in [5.41, 5.74) is 0. The minimum atomic E-state index is 0.0176. The number of hydrogen-bond donors (Lipinski definition) is 2. The maximum atomic E-state index is 10.8. The summed E-state index contributed by atoms with van der Waals surface area (Å²) in [6.07, 6.45) is 0.542. The summed E-state index contributed by atoms with van der Waals surface area (Å²) in [6.45, 7) is 4.35. The van der Waals surface area contributed by atoms with E-state index in [4.69, 9.17) is 5.11 Å². The second-order valence-electron chi connectivity index (χ2n) is 2.67. The summed E-state index contributed by atoms with van der Waals surface area (Å²) >= 11 is 0. The molecule has 0 saturated heterocycles. The molecule has 3 heteroatoms. The smallest absolute Gasteiger partial charge is 0.220 e. The number of carbonyl (C=O) groups excluding carboxylic acids is 1. The molecule has 0 aliphatic carbocycles. The number of aliphatic hydroxyl groups excluding tert-OH is 1. The highest BCUT2D eigenvalue weighted by atomic mass is 16.3. The van der Waals surface area contributed by atoms with E-state index in [2.05, 4.69) is 5.32 Å². The topological polar surface area (TPSA) is 49.3 Å². The summed E-state index contributed by atoms with van der Waals surface area (Å²) in [4.78, 5) is 10.8. The zero-order valence-electron chi connectivity index (χ0n) is 6.55. The minimum Gasteiger partial charge on any atom is -0.395 e. The molecule has 0 rings (SSSR count). The van der Waals surface area contributed by atoms with Crippen LogP contribution in [0.2, 0.25) is 0 Å². The van der Waals surface area contributed by atoms with E-state index >= 15 is 0 Å². The predicted octanol–water partition coefficient (Wildman–Crippen LogP) is 0.141. The lowest BCUT2D eigenvalue weighted by atomic mass is 10.1. The first-order valence-corrected chi connectivity index (χ1v) is 3.54. The van der Waals surface area contributed by atoms with Crippen LogP contribution in [0.5, 0.6) is 0 Å². The van der Waals surface area contributed by atoms with E-state index in [0.717, 1.165) is 0 Å². The molecular formula is C7H15NO2. The Labute approximate surface area is 61.4 Å². The van der Waals surface area contributed by atoms with Crippen molar-refractivity contribution < 1.29 is 9.90 Å². The Morgan fingerprint density at radius 3 is 2.60 bits per heavy atom. The van der Waals surface area contributed by atoms with Crippen molar-refractivity contribution in [2.45, 2.75) is 20.3 Å². The maximum absolute atomic E-state index is 10.8. The fourth-order valence-electron chi connectivity index (χ4n) is 0.638. The van der Waals surface area contributed by atoms with Crippen molar-refractivity contribution in [3.63, 3.8) is 0 Å². The Hall–Kier alpha value is -0.570. The summed E-state index contributed by atoms with van der Waals surface area (Å²) in [6, 6.07) is 0. The van der Waals surface area contributed by atoms with Gasteiger partial charge in [-0.05, 0) is 5.92 Å². The van der Waals surface area contributed by atoms with Gasteiger partial charge in [0.1, 0.15) is 0 Å². The van der Waals surface area contributed by atoms with Gasteiger partial charge in [0.2, 0.25) is 5.91 Å². The Morgan fingerprint density at radius 1 is 1.60 bits per heavy atom. The number of carbonyl (C=O) groups is 1. The summed E-state index contributed by atoms with van der Waals surface area (Å²) < 4.78 is 0. The highest BCUT2D eigenvalue weighted by molar-refractivity contribution is 5.75. The van der Waals surface area contributed by atoms with Gasteiger partial charge in [-0.15, -0.1) is 0 Å². The van der Waals surface area contributed by atoms with E-state index < -0.39 is 0 Å². The van der Waals surface area contributed by atoms with Crippen molar-refractivity contribution in [2.75, 3.05) is 13.2 Å². The van der Waals surface area contributed by atoms with Crippen LogP contribution in [0.1, 0.15) is 20.3 Å². The normalized spacial score (nSPS) is 10.0. The molecule has 0 unspecified atom stereocenters. The van der Waals surface area contributed by atoms with Gasteiger partial charge in [-0.25, -0.2) is 0 Å². The van der Waals surface area contributed by atoms with Crippen LogP contribution in [-0.2, 0) is 4.79 Å². The first-order valence-electron chi connectivity index (χ1n) is 3.54. The molecule has 0 aliphatic rings. The van der Waals surface area contributed by atoms with Crippen LogP contribution in [0.3, 0.4) is 0 Å². The SMILES string of the molecule is CC(C)CC(=O)NCCO. The third-order valence-electron chi connectivity index (χ3n) is 1.03. The molecule has 0 atom stereocenters. The van der Waals surface area contributed by atoms with E-state index in [1.54, 1.807) is 0 Å². The minimum absolute atomic E-state index is 0.0176. The average molecular weight is 145 g/mol. The second kappa shape index (κ2) is 5.23. The van der Waals surface area contributed by atoms with Crippen LogP contribution >= 0.6 is 0 Å². The Morgan fingerprint density at radius 2 is 2.20 bits per heavy atom. The molecule has 0 bridgehead atoms. The van der Waals surface area contributed by atoms with E-state index in [1.807, 2.05) is 13.8 Å². The van der Waals surface area contributed by atoms with E-state index in [0.29, 0.717) is 18.9 Å². The van der Waals surface area contributed by atoms with Gasteiger partial charge >= 0.3 is 0 Å². The van der Waals surface area contributed by atoms with Gasteiger partial charge in [0.15, 0.2) is 0 Å². The first kappa shape index (κ1) is 9.43. The number of nitrogens with one attached hydrogen (secondary N) is 1. The van der Waals surface area contributed by atoms with Gasteiger partial charge in [0.05, 0.1) is 6.61 Å². The van der Waals surface area contributed by atoms with Crippen molar-refractivity contribution in [3.8, 4) is 0 Å². The Balaban J connectivity index is 3.26. The first-order chi connectivity index (χ1) is 4.66. The summed E-state index contributed by atoms with van der Waals surface area (Å²) in [7, 11) is 0. The molecule has 3 nitrogen and oxygen atoms in total. The molecule has 60 valence electrons. The lowest BCUT2D eigenvalue weighted by Gasteiger charge is -2.04. The van der Waals surface area contributed by atoms with Gasteiger partial charge < -0.3 is 10.4 Å². The monoisotopic (exact) mass is 145 g/mol. The lowest BCUT2D eigenvalue weighted by molar-refractivity contribution is -0.121. The highest BCUT2D eigenvalue weighted by Gasteiger charge is 2.01. The average Bonchev–Trinajstić information content (AvgIpc) is 1.82. The number of amides is 1. The third-order valence-corrected chi connectivity index (χ3v) is 1.03. The van der Waals surface area contributed by atoms with Crippen molar-refractivity contribution in [1.82, 2.24) is 5.32 Å². The molecule has 0 saturated carbocycles. The van der Waals surface area contributed by atoms with Crippen molar-refractivity contribution in [3.05, 3.63) is 0 Å².